The molecule has 0 aliphatic heterocycles. The molecule has 14 heavy (non-hydrogen) atoms. The molecule has 76 valence electrons. The van der Waals surface area contributed by atoms with Crippen LogP contribution in [-0.4, -0.2) is 0 Å². The van der Waals surface area contributed by atoms with Crippen LogP contribution in [0.2, 0.25) is 0 Å². The third kappa shape index (κ3) is 4.21. The maximum absolute atomic E-state index is 4.95. The van der Waals surface area contributed by atoms with Crippen molar-refractivity contribution >= 4 is 40.3 Å². The van der Waals surface area contributed by atoms with Crippen LogP contribution in [0.4, 0.5) is 0 Å². The Balaban J connectivity index is 0.000000213. The third-order valence-electron chi connectivity index (χ3n) is 1.76. The summed E-state index contributed by atoms with van der Waals surface area (Å²) < 4.78 is 0. The van der Waals surface area contributed by atoms with Gasteiger partial charge in [-0.05, 0) is 0 Å². The summed E-state index contributed by atoms with van der Waals surface area (Å²) in [6.07, 6.45) is 0. The number of halogens is 3. The maximum atomic E-state index is 4.95. The second kappa shape index (κ2) is 6.00. The Kier molecular flexibility index (Phi) is 5.29. The summed E-state index contributed by atoms with van der Waals surface area (Å²) in [5.74, 6) is 0. The summed E-state index contributed by atoms with van der Waals surface area (Å²) >= 11 is -1.77. The Morgan fingerprint density at radius 3 is 2.29 bits per heavy atom. The molecule has 0 saturated heterocycles. The van der Waals surface area contributed by atoms with Crippen LogP contribution in [0, 0.1) is 6.92 Å². The van der Waals surface area contributed by atoms with Gasteiger partial charge < -0.3 is 0 Å². The van der Waals surface area contributed by atoms with E-state index >= 15 is 0 Å². The summed E-state index contributed by atoms with van der Waals surface area (Å²) in [5.41, 5.74) is 1.35. The predicted octanol–water partition coefficient (Wildman–Crippen LogP) is 4.93. The van der Waals surface area contributed by atoms with Gasteiger partial charge in [-0.15, -0.1) is 40.6 Å². The third-order valence-corrected chi connectivity index (χ3v) is 1.76. The fraction of sp³-hybridized carbons (Fsp3) is 0.100. The molecule has 0 amide bonds. The second-order valence-corrected chi connectivity index (χ2v) is 9.77. The standard InChI is InChI=1S/C10H9.3ClH.V/c1-8-6-9-4-2-3-5-10(9)7-8;;;;/h2-7H,1H3;3*1H;/q-1;;;;+3/p-3. The summed E-state index contributed by atoms with van der Waals surface area (Å²) in [7, 11) is 14.9. The minimum absolute atomic E-state index is 1.35. The average Bonchev–Trinajstić information content (AvgIpc) is 2.42. The van der Waals surface area contributed by atoms with Gasteiger partial charge in [0.1, 0.15) is 0 Å². The van der Waals surface area contributed by atoms with Crippen molar-refractivity contribution in [3.63, 3.8) is 0 Å². The number of hydrogen-bond acceptors (Lipinski definition) is 0. The SMILES string of the molecule is Cc1cc2ccccc2[cH-]1.[Cl][V]([Cl])[Cl]. The van der Waals surface area contributed by atoms with Crippen LogP contribution in [0.5, 0.6) is 0 Å². The van der Waals surface area contributed by atoms with Gasteiger partial charge in [0.05, 0.1) is 0 Å². The van der Waals surface area contributed by atoms with E-state index in [0.717, 1.165) is 0 Å². The monoisotopic (exact) mass is 285 g/mol. The van der Waals surface area contributed by atoms with Crippen LogP contribution >= 0.6 is 29.5 Å². The van der Waals surface area contributed by atoms with Gasteiger partial charge in [0.15, 0.2) is 0 Å². The Hall–Kier alpha value is 0.284. The molecule has 0 spiro atoms. The van der Waals surface area contributed by atoms with Crippen molar-refractivity contribution in [1.29, 1.82) is 0 Å². The zero-order valence-corrected chi connectivity index (χ0v) is 11.2. The summed E-state index contributed by atoms with van der Waals surface area (Å²) in [6, 6.07) is 12.8. The Morgan fingerprint density at radius 1 is 1.14 bits per heavy atom. The fourth-order valence-corrected chi connectivity index (χ4v) is 1.31. The molecule has 2 aromatic rings. The molecule has 0 fully saturated rings. The molecule has 0 saturated carbocycles. The number of benzene rings is 1. The van der Waals surface area contributed by atoms with E-state index in [9.17, 15) is 0 Å². The first-order valence-corrected chi connectivity index (χ1v) is 9.75. The van der Waals surface area contributed by atoms with E-state index in [1.165, 1.54) is 16.3 Å². The molecular weight excluding hydrogens is 277 g/mol. The molecule has 0 nitrogen and oxygen atoms in total. The molecule has 2 rings (SSSR count). The predicted molar refractivity (Wildman–Crippen MR) is 61.8 cm³/mol. The second-order valence-electron chi connectivity index (χ2n) is 2.85. The molecule has 4 heteroatoms. The van der Waals surface area contributed by atoms with E-state index in [2.05, 4.69) is 43.3 Å². The first-order valence-electron chi connectivity index (χ1n) is 3.99. The fourth-order valence-electron chi connectivity index (χ4n) is 1.31. The van der Waals surface area contributed by atoms with Gasteiger partial charge in [0.2, 0.25) is 0 Å². The quantitative estimate of drug-likeness (QED) is 0.602. The number of aryl methyl sites for hydroxylation is 1. The molecule has 0 aliphatic rings. The number of rotatable bonds is 0. The summed E-state index contributed by atoms with van der Waals surface area (Å²) in [5, 5.41) is 2.69. The molecule has 0 aromatic heterocycles. The molecule has 0 bridgehead atoms. The normalized spacial score (nSPS) is 10.1. The first-order chi connectivity index (χ1) is 6.59. The molecular formula is C10H9Cl3V-. The summed E-state index contributed by atoms with van der Waals surface area (Å²) in [4.78, 5) is 0. The van der Waals surface area contributed by atoms with E-state index in [1.54, 1.807) is 0 Å². The molecule has 0 radical (unpaired) electrons. The van der Waals surface area contributed by atoms with Crippen LogP contribution in [-0.2, 0) is 12.3 Å². The molecule has 0 N–H and O–H groups in total. The van der Waals surface area contributed by atoms with Crippen molar-refractivity contribution in [3.05, 3.63) is 42.0 Å². The van der Waals surface area contributed by atoms with E-state index in [0.29, 0.717) is 0 Å². The zero-order valence-electron chi connectivity index (χ0n) is 7.55. The van der Waals surface area contributed by atoms with E-state index in [-0.39, 0.29) is 0 Å². The number of fused-ring (bicyclic) bond motifs is 1. The van der Waals surface area contributed by atoms with E-state index < -0.39 is 12.3 Å². The molecule has 0 unspecified atom stereocenters. The first kappa shape index (κ1) is 12.4. The van der Waals surface area contributed by atoms with Crippen molar-refractivity contribution in [2.45, 2.75) is 6.92 Å². The average molecular weight is 286 g/mol. The van der Waals surface area contributed by atoms with Gasteiger partial charge in [0, 0.05) is 0 Å². The Bertz CT molecular complexity index is 359. The summed E-state index contributed by atoms with van der Waals surface area (Å²) in [6.45, 7) is 2.12. The van der Waals surface area contributed by atoms with Gasteiger partial charge in [0.25, 0.3) is 0 Å². The molecule has 0 heterocycles. The topological polar surface area (TPSA) is 0 Å². The van der Waals surface area contributed by atoms with Crippen LogP contribution in [0.25, 0.3) is 10.8 Å². The Labute approximate surface area is 101 Å². The van der Waals surface area contributed by atoms with E-state index in [1.807, 2.05) is 0 Å². The van der Waals surface area contributed by atoms with Gasteiger partial charge in [-0.2, -0.15) is 6.07 Å². The van der Waals surface area contributed by atoms with Crippen LogP contribution < -0.4 is 0 Å². The van der Waals surface area contributed by atoms with Crippen LogP contribution in [0.1, 0.15) is 5.56 Å². The molecule has 0 aliphatic carbocycles. The van der Waals surface area contributed by atoms with Crippen molar-refractivity contribution in [3.8, 4) is 0 Å². The van der Waals surface area contributed by atoms with Gasteiger partial charge >= 0.3 is 41.8 Å². The number of hydrogen-bond donors (Lipinski definition) is 0. The molecule has 0 atom stereocenters. The Morgan fingerprint density at radius 2 is 1.71 bits per heavy atom. The zero-order chi connectivity index (χ0) is 10.6. The van der Waals surface area contributed by atoms with Crippen molar-refractivity contribution in [1.82, 2.24) is 0 Å². The van der Waals surface area contributed by atoms with Crippen molar-refractivity contribution in [2.75, 3.05) is 0 Å². The van der Waals surface area contributed by atoms with E-state index in [4.69, 9.17) is 29.5 Å². The van der Waals surface area contributed by atoms with Gasteiger partial charge in [-0.3, -0.25) is 0 Å². The van der Waals surface area contributed by atoms with Crippen LogP contribution in [0.15, 0.2) is 36.4 Å². The van der Waals surface area contributed by atoms with Crippen molar-refractivity contribution < 1.29 is 12.3 Å². The van der Waals surface area contributed by atoms with Gasteiger partial charge in [-0.1, -0.05) is 13.0 Å². The molecule has 2 aromatic carbocycles. The van der Waals surface area contributed by atoms with Crippen molar-refractivity contribution in [2.24, 2.45) is 0 Å². The van der Waals surface area contributed by atoms with Gasteiger partial charge in [-0.25, -0.2) is 0 Å². The van der Waals surface area contributed by atoms with Crippen LogP contribution in [0.3, 0.4) is 0 Å². The minimum atomic E-state index is -1.77.